The largest absolute Gasteiger partial charge is 0.494 e. The summed E-state index contributed by atoms with van der Waals surface area (Å²) in [5.74, 6) is -7.32. The predicted octanol–water partition coefficient (Wildman–Crippen LogP) is 7.75. The predicted molar refractivity (Wildman–Crippen MR) is 145 cm³/mol. The van der Waals surface area contributed by atoms with Crippen LogP contribution < -0.4 is 4.74 Å². The molecule has 2 aromatic heterocycles. The second kappa shape index (κ2) is 11.2. The van der Waals surface area contributed by atoms with Gasteiger partial charge in [-0.05, 0) is 67.1 Å². The van der Waals surface area contributed by atoms with Crippen molar-refractivity contribution in [1.82, 2.24) is 14.8 Å². The minimum atomic E-state index is -3.36. The fourth-order valence-electron chi connectivity index (χ4n) is 6.25. The van der Waals surface area contributed by atoms with Crippen molar-refractivity contribution in [2.24, 2.45) is 5.92 Å². The maximum Gasteiger partial charge on any atom is 0.293 e. The molecule has 0 aliphatic heterocycles. The number of carbonyl (C=O) groups is 1. The molecular weight excluding hydrogens is 572 g/mol. The summed E-state index contributed by atoms with van der Waals surface area (Å²) < 4.78 is 92.1. The standard InChI is InChI=1S/C32H27F6N3O2/c1-2-43-23-7-5-18(6-8-23)24-4-3-9-39-28(24)19(10-17-11-20(33)14-21(34)12-17)13-22(42)16-41-30-27(29(40-41)31(35)36)25-15-26(25)32(30,37)38/h3-9,11-12,14,19,25-26,31H,2,10,13,15-16H2,1H3/t19-,25?,26?/m1/s1. The third-order valence-electron chi connectivity index (χ3n) is 8.07. The number of rotatable bonds is 11. The molecule has 2 aliphatic carbocycles. The Kier molecular flexibility index (Phi) is 7.52. The van der Waals surface area contributed by atoms with Crippen molar-refractivity contribution in [2.45, 2.75) is 56.9 Å². The van der Waals surface area contributed by atoms with E-state index < -0.39 is 65.5 Å². The van der Waals surface area contributed by atoms with E-state index in [0.29, 0.717) is 23.6 Å². The highest BCUT2D eigenvalue weighted by Crippen LogP contribution is 2.68. The summed E-state index contributed by atoms with van der Waals surface area (Å²) >= 11 is 0. The van der Waals surface area contributed by atoms with E-state index in [-0.39, 0.29) is 30.4 Å². The molecule has 4 aromatic rings. The molecule has 6 rings (SSSR count). The molecule has 0 N–H and O–H groups in total. The van der Waals surface area contributed by atoms with Crippen molar-refractivity contribution >= 4 is 5.78 Å². The van der Waals surface area contributed by atoms with Gasteiger partial charge in [0.2, 0.25) is 0 Å². The van der Waals surface area contributed by atoms with E-state index in [9.17, 15) is 22.4 Å². The number of ketones is 1. The number of carbonyl (C=O) groups excluding carboxylic acids is 1. The van der Waals surface area contributed by atoms with Gasteiger partial charge in [0.05, 0.1) is 12.3 Å². The smallest absolute Gasteiger partial charge is 0.293 e. The van der Waals surface area contributed by atoms with Gasteiger partial charge < -0.3 is 4.74 Å². The van der Waals surface area contributed by atoms with Gasteiger partial charge in [0, 0.05) is 41.6 Å². The molecule has 2 aliphatic rings. The van der Waals surface area contributed by atoms with E-state index in [1.165, 1.54) is 6.20 Å². The van der Waals surface area contributed by atoms with E-state index in [4.69, 9.17) is 4.74 Å². The molecule has 2 aromatic carbocycles. The molecular formula is C32H27F6N3O2. The van der Waals surface area contributed by atoms with Crippen LogP contribution in [0.4, 0.5) is 26.3 Å². The maximum absolute atomic E-state index is 15.1. The summed E-state index contributed by atoms with van der Waals surface area (Å²) in [6.45, 7) is 1.69. The quantitative estimate of drug-likeness (QED) is 0.166. The lowest BCUT2D eigenvalue weighted by atomic mass is 9.87. The fourth-order valence-corrected chi connectivity index (χ4v) is 6.25. The van der Waals surface area contributed by atoms with Crippen molar-refractivity contribution in [1.29, 1.82) is 0 Å². The van der Waals surface area contributed by atoms with Crippen LogP contribution in [-0.4, -0.2) is 27.2 Å². The highest BCUT2D eigenvalue weighted by Gasteiger charge is 2.67. The number of fused-ring (bicyclic) bond motifs is 3. The van der Waals surface area contributed by atoms with Crippen LogP contribution in [0.5, 0.6) is 5.75 Å². The number of nitrogens with zero attached hydrogens (tertiary/aromatic N) is 3. The Morgan fingerprint density at radius 2 is 1.79 bits per heavy atom. The molecule has 11 heteroatoms. The van der Waals surface area contributed by atoms with Crippen LogP contribution in [-0.2, 0) is 23.7 Å². The Hall–Kier alpha value is -4.15. The Morgan fingerprint density at radius 3 is 2.47 bits per heavy atom. The Morgan fingerprint density at radius 1 is 1.07 bits per heavy atom. The molecule has 2 unspecified atom stereocenters. The fraction of sp³-hybridized carbons (Fsp3) is 0.344. The SMILES string of the molecule is CCOc1ccc(-c2cccnc2[C@@H](CC(=O)Cn2nc(C(F)F)c3c2C(F)(F)C2CC32)Cc2cc(F)cc(F)c2)cc1. The van der Waals surface area contributed by atoms with Crippen LogP contribution in [0, 0.1) is 17.6 Å². The Balaban J connectivity index is 1.34. The first kappa shape index (κ1) is 28.9. The van der Waals surface area contributed by atoms with Crippen molar-refractivity contribution in [3.8, 4) is 16.9 Å². The van der Waals surface area contributed by atoms with E-state index in [1.54, 1.807) is 24.3 Å². The van der Waals surface area contributed by atoms with Crippen LogP contribution >= 0.6 is 0 Å². The molecule has 0 bridgehead atoms. The van der Waals surface area contributed by atoms with Gasteiger partial charge in [-0.2, -0.15) is 13.9 Å². The van der Waals surface area contributed by atoms with Crippen LogP contribution in [0.3, 0.4) is 0 Å². The number of alkyl halides is 4. The summed E-state index contributed by atoms with van der Waals surface area (Å²) in [5.41, 5.74) is 0.662. The molecule has 0 radical (unpaired) electrons. The van der Waals surface area contributed by atoms with Crippen LogP contribution in [0.25, 0.3) is 11.1 Å². The number of Topliss-reactive ketones (excluding diaryl/α,β-unsaturated/α-hetero) is 1. The zero-order chi connectivity index (χ0) is 30.5. The second-order valence-electron chi connectivity index (χ2n) is 11.0. The zero-order valence-electron chi connectivity index (χ0n) is 23.0. The number of benzene rings is 2. The van der Waals surface area contributed by atoms with Gasteiger partial charge >= 0.3 is 0 Å². The lowest BCUT2D eigenvalue weighted by Gasteiger charge is -2.21. The van der Waals surface area contributed by atoms with E-state index in [2.05, 4.69) is 10.1 Å². The van der Waals surface area contributed by atoms with Gasteiger partial charge in [0.25, 0.3) is 12.3 Å². The number of aromatic nitrogens is 3. The van der Waals surface area contributed by atoms with E-state index >= 15 is 8.78 Å². The molecule has 2 heterocycles. The lowest BCUT2D eigenvalue weighted by molar-refractivity contribution is -0.120. The van der Waals surface area contributed by atoms with Crippen LogP contribution in [0.2, 0.25) is 0 Å². The third-order valence-corrected chi connectivity index (χ3v) is 8.07. The highest BCUT2D eigenvalue weighted by atomic mass is 19.3. The van der Waals surface area contributed by atoms with E-state index in [0.717, 1.165) is 28.4 Å². The van der Waals surface area contributed by atoms with Crippen LogP contribution in [0.1, 0.15) is 66.2 Å². The van der Waals surface area contributed by atoms with Gasteiger partial charge in [-0.1, -0.05) is 18.2 Å². The van der Waals surface area contributed by atoms with Gasteiger partial charge in [-0.15, -0.1) is 0 Å². The van der Waals surface area contributed by atoms with Crippen LogP contribution in [0.15, 0.2) is 60.8 Å². The summed E-state index contributed by atoms with van der Waals surface area (Å²) in [6.07, 6.45) is -1.68. The first-order valence-corrected chi connectivity index (χ1v) is 14.0. The molecule has 0 saturated heterocycles. The average molecular weight is 600 g/mol. The molecule has 1 saturated carbocycles. The van der Waals surface area contributed by atoms with Crippen molar-refractivity contribution in [2.75, 3.05) is 6.61 Å². The number of halogens is 6. The first-order chi connectivity index (χ1) is 20.6. The Bertz CT molecular complexity index is 1650. The summed E-state index contributed by atoms with van der Waals surface area (Å²) in [6, 6.07) is 13.7. The summed E-state index contributed by atoms with van der Waals surface area (Å²) in [5, 5.41) is 3.76. The molecule has 5 nitrogen and oxygen atoms in total. The summed E-state index contributed by atoms with van der Waals surface area (Å²) in [4.78, 5) is 18.0. The van der Waals surface area contributed by atoms with Gasteiger partial charge in [-0.3, -0.25) is 14.5 Å². The van der Waals surface area contributed by atoms with Gasteiger partial charge in [0.15, 0.2) is 5.78 Å². The molecule has 1 fully saturated rings. The monoisotopic (exact) mass is 599 g/mol. The number of hydrogen-bond donors (Lipinski definition) is 0. The van der Waals surface area contributed by atoms with Crippen molar-refractivity contribution < 1.29 is 35.9 Å². The Labute approximate surface area is 243 Å². The number of hydrogen-bond acceptors (Lipinski definition) is 4. The van der Waals surface area contributed by atoms with Crippen molar-refractivity contribution in [3.63, 3.8) is 0 Å². The molecule has 43 heavy (non-hydrogen) atoms. The van der Waals surface area contributed by atoms with Gasteiger partial charge in [0.1, 0.15) is 35.3 Å². The lowest BCUT2D eigenvalue weighted by Crippen LogP contribution is -2.24. The van der Waals surface area contributed by atoms with E-state index in [1.807, 2.05) is 19.1 Å². The highest BCUT2D eigenvalue weighted by molar-refractivity contribution is 5.80. The first-order valence-electron chi connectivity index (χ1n) is 14.0. The minimum Gasteiger partial charge on any atom is -0.494 e. The minimum absolute atomic E-state index is 0.00126. The normalized spacial score (nSPS) is 18.8. The molecule has 224 valence electrons. The topological polar surface area (TPSA) is 57.0 Å². The molecule has 3 atom stereocenters. The third kappa shape index (κ3) is 5.52. The number of ether oxygens (including phenoxy) is 1. The maximum atomic E-state index is 15.1. The molecule has 0 amide bonds. The summed E-state index contributed by atoms with van der Waals surface area (Å²) in [7, 11) is 0. The molecule has 0 spiro atoms. The number of pyridine rings is 1. The zero-order valence-corrected chi connectivity index (χ0v) is 23.0. The van der Waals surface area contributed by atoms with Crippen molar-refractivity contribution in [3.05, 3.63) is 101 Å². The average Bonchev–Trinajstić information content (AvgIpc) is 3.61. The van der Waals surface area contributed by atoms with Gasteiger partial charge in [-0.25, -0.2) is 17.6 Å². The second-order valence-corrected chi connectivity index (χ2v) is 11.0.